The maximum Gasteiger partial charge on any atom is 0.262 e. The van der Waals surface area contributed by atoms with Gasteiger partial charge in [-0.3, -0.25) is 9.36 Å². The Balaban J connectivity index is 1.38. The molecule has 0 amide bonds. The van der Waals surface area contributed by atoms with Gasteiger partial charge in [-0.15, -0.1) is 11.3 Å². The number of hydrogen-bond donors (Lipinski definition) is 1. The van der Waals surface area contributed by atoms with Gasteiger partial charge in [-0.05, 0) is 17.0 Å². The molecule has 5 nitrogen and oxygen atoms in total. The predicted octanol–water partition coefficient (Wildman–Crippen LogP) is 4.72. The summed E-state index contributed by atoms with van der Waals surface area (Å²) in [4.78, 5) is 18.3. The van der Waals surface area contributed by atoms with Gasteiger partial charge in [0, 0.05) is 16.3 Å². The summed E-state index contributed by atoms with van der Waals surface area (Å²) in [6.07, 6.45) is 0.645. The number of thiophene rings is 1. The molecular weight excluding hydrogens is 408 g/mol. The van der Waals surface area contributed by atoms with Crippen LogP contribution in [-0.2, 0) is 6.54 Å². The highest BCUT2D eigenvalue weighted by atomic mass is 32.1. The first-order chi connectivity index (χ1) is 15.2. The second-order valence-corrected chi connectivity index (χ2v) is 8.20. The van der Waals surface area contributed by atoms with Crippen LogP contribution in [0.1, 0.15) is 0 Å². The van der Waals surface area contributed by atoms with Gasteiger partial charge in [0.25, 0.3) is 5.56 Å². The monoisotopic (exact) mass is 428 g/mol. The quantitative estimate of drug-likeness (QED) is 0.425. The first-order valence-electron chi connectivity index (χ1n) is 10.0. The van der Waals surface area contributed by atoms with Crippen LogP contribution in [0.25, 0.3) is 32.1 Å². The third kappa shape index (κ3) is 3.83. The van der Waals surface area contributed by atoms with E-state index in [0.29, 0.717) is 16.0 Å². The third-order valence-corrected chi connectivity index (χ3v) is 6.12. The molecule has 0 saturated heterocycles. The molecular formula is C25H20N2O3S. The zero-order valence-corrected chi connectivity index (χ0v) is 17.5. The molecule has 2 aromatic heterocycles. The molecule has 5 rings (SSSR count). The third-order valence-electron chi connectivity index (χ3n) is 5.23. The van der Waals surface area contributed by atoms with Crippen LogP contribution in [-0.4, -0.2) is 27.4 Å². The molecule has 0 aliphatic rings. The number of nitrogens with zero attached hydrogens (tertiary/aromatic N) is 2. The number of aliphatic hydroxyl groups excluding tert-OH is 1. The molecule has 0 aliphatic heterocycles. The molecule has 3 aromatic carbocycles. The number of hydrogen-bond acceptors (Lipinski definition) is 5. The lowest BCUT2D eigenvalue weighted by Crippen LogP contribution is -2.30. The van der Waals surface area contributed by atoms with Crippen molar-refractivity contribution in [2.45, 2.75) is 12.6 Å². The van der Waals surface area contributed by atoms with Crippen molar-refractivity contribution in [2.75, 3.05) is 6.61 Å². The highest BCUT2D eigenvalue weighted by molar-refractivity contribution is 7.17. The van der Waals surface area contributed by atoms with E-state index in [4.69, 9.17) is 4.74 Å². The minimum Gasteiger partial charge on any atom is -0.490 e. The van der Waals surface area contributed by atoms with E-state index >= 15 is 0 Å². The Morgan fingerprint density at radius 1 is 1.00 bits per heavy atom. The van der Waals surface area contributed by atoms with Crippen LogP contribution in [0.5, 0.6) is 5.75 Å². The van der Waals surface area contributed by atoms with Crippen LogP contribution in [0.15, 0.2) is 89.3 Å². The Morgan fingerprint density at radius 3 is 2.65 bits per heavy atom. The number of fused-ring (bicyclic) bond motifs is 2. The van der Waals surface area contributed by atoms with E-state index in [2.05, 4.69) is 4.98 Å². The van der Waals surface area contributed by atoms with E-state index in [1.165, 1.54) is 22.2 Å². The van der Waals surface area contributed by atoms with Gasteiger partial charge in [-0.2, -0.15) is 0 Å². The van der Waals surface area contributed by atoms with Crippen LogP contribution in [0.3, 0.4) is 0 Å². The second kappa shape index (κ2) is 8.34. The van der Waals surface area contributed by atoms with Crippen molar-refractivity contribution in [1.82, 2.24) is 9.55 Å². The molecule has 6 heteroatoms. The van der Waals surface area contributed by atoms with Gasteiger partial charge >= 0.3 is 0 Å². The molecule has 31 heavy (non-hydrogen) atoms. The largest absolute Gasteiger partial charge is 0.490 e. The van der Waals surface area contributed by atoms with E-state index in [1.54, 1.807) is 0 Å². The summed E-state index contributed by atoms with van der Waals surface area (Å²) in [5.74, 6) is 0.710. The lowest BCUT2D eigenvalue weighted by molar-refractivity contribution is 0.0922. The van der Waals surface area contributed by atoms with Gasteiger partial charge in [0.05, 0.1) is 18.3 Å². The van der Waals surface area contributed by atoms with Gasteiger partial charge in [0.1, 0.15) is 23.3 Å². The van der Waals surface area contributed by atoms with Gasteiger partial charge in [-0.1, -0.05) is 66.7 Å². The topological polar surface area (TPSA) is 64.4 Å². The second-order valence-electron chi connectivity index (χ2n) is 7.34. The number of aromatic nitrogens is 2. The van der Waals surface area contributed by atoms with Gasteiger partial charge < -0.3 is 9.84 Å². The Kier molecular flexibility index (Phi) is 5.24. The first kappa shape index (κ1) is 19.5. The summed E-state index contributed by atoms with van der Waals surface area (Å²) in [7, 11) is 0. The molecule has 1 N–H and O–H groups in total. The lowest BCUT2D eigenvalue weighted by atomic mass is 10.1. The molecule has 0 spiro atoms. The van der Waals surface area contributed by atoms with Crippen molar-refractivity contribution < 1.29 is 9.84 Å². The summed E-state index contributed by atoms with van der Waals surface area (Å²) >= 11 is 1.45. The molecule has 0 saturated carbocycles. The minimum atomic E-state index is -0.852. The van der Waals surface area contributed by atoms with Crippen LogP contribution in [0.4, 0.5) is 0 Å². The van der Waals surface area contributed by atoms with Crippen LogP contribution >= 0.6 is 11.3 Å². The summed E-state index contributed by atoms with van der Waals surface area (Å²) in [5.41, 5.74) is 1.69. The summed E-state index contributed by atoms with van der Waals surface area (Å²) in [6.45, 7) is 0.185. The van der Waals surface area contributed by atoms with Crippen molar-refractivity contribution in [3.63, 3.8) is 0 Å². The van der Waals surface area contributed by atoms with Gasteiger partial charge in [0.2, 0.25) is 0 Å². The molecule has 0 radical (unpaired) electrons. The molecule has 154 valence electrons. The van der Waals surface area contributed by atoms with Crippen molar-refractivity contribution >= 4 is 32.3 Å². The lowest BCUT2D eigenvalue weighted by Gasteiger charge is -2.15. The SMILES string of the molecule is O=c1c2c(-c3ccccc3)csc2ncn1CC(O)COc1cccc2ccccc12. The Labute approximate surface area is 182 Å². The summed E-state index contributed by atoms with van der Waals surface area (Å²) in [6, 6.07) is 23.6. The fourth-order valence-electron chi connectivity index (χ4n) is 3.72. The fraction of sp³-hybridized carbons (Fsp3) is 0.120. The normalized spacial score (nSPS) is 12.3. The summed E-state index contributed by atoms with van der Waals surface area (Å²) in [5, 5.41) is 15.2. The molecule has 0 aliphatic carbocycles. The molecule has 1 atom stereocenters. The van der Waals surface area contributed by atoms with E-state index in [1.807, 2.05) is 78.2 Å². The van der Waals surface area contributed by atoms with Crippen molar-refractivity contribution in [1.29, 1.82) is 0 Å². The highest BCUT2D eigenvalue weighted by Gasteiger charge is 2.15. The van der Waals surface area contributed by atoms with Crippen LogP contribution in [0.2, 0.25) is 0 Å². The standard InChI is InChI=1S/C25H20N2O3S/c28-19(14-30-22-12-6-10-17-9-4-5-11-20(17)22)13-27-16-26-24-23(25(27)29)21(15-31-24)18-7-2-1-3-8-18/h1-12,15-16,19,28H,13-14H2. The average molecular weight is 429 g/mol. The van der Waals surface area contributed by atoms with Crippen LogP contribution in [0, 0.1) is 0 Å². The maximum atomic E-state index is 13.1. The maximum absolute atomic E-state index is 13.1. The Morgan fingerprint density at radius 2 is 1.77 bits per heavy atom. The van der Waals surface area contributed by atoms with E-state index in [-0.39, 0.29) is 18.7 Å². The Hall–Kier alpha value is -3.48. The molecule has 0 bridgehead atoms. The summed E-state index contributed by atoms with van der Waals surface area (Å²) < 4.78 is 7.33. The number of ether oxygens (including phenoxy) is 1. The predicted molar refractivity (Wildman–Crippen MR) is 125 cm³/mol. The smallest absolute Gasteiger partial charge is 0.262 e. The van der Waals surface area contributed by atoms with Crippen LogP contribution < -0.4 is 10.3 Å². The molecule has 0 fully saturated rings. The van der Waals surface area contributed by atoms with E-state index in [0.717, 1.165) is 21.9 Å². The number of aliphatic hydroxyl groups is 1. The first-order valence-corrected chi connectivity index (χ1v) is 10.9. The van der Waals surface area contributed by atoms with Crippen molar-refractivity contribution in [2.24, 2.45) is 0 Å². The van der Waals surface area contributed by atoms with Gasteiger partial charge in [-0.25, -0.2) is 4.98 Å². The molecule has 5 aromatic rings. The number of rotatable bonds is 6. The molecule has 1 unspecified atom stereocenters. The minimum absolute atomic E-state index is 0.0770. The fourth-order valence-corrected chi connectivity index (χ4v) is 4.62. The van der Waals surface area contributed by atoms with Gasteiger partial charge in [0.15, 0.2) is 0 Å². The zero-order valence-electron chi connectivity index (χ0n) is 16.6. The average Bonchev–Trinajstić information content (AvgIpc) is 3.25. The van der Waals surface area contributed by atoms with E-state index < -0.39 is 6.10 Å². The highest BCUT2D eigenvalue weighted by Crippen LogP contribution is 2.30. The Bertz CT molecular complexity index is 1400. The number of benzene rings is 3. The molecule has 2 heterocycles. The van der Waals surface area contributed by atoms with Crippen molar-refractivity contribution in [3.8, 4) is 16.9 Å². The zero-order chi connectivity index (χ0) is 21.2. The van der Waals surface area contributed by atoms with Crippen molar-refractivity contribution in [3.05, 3.63) is 94.9 Å². The van der Waals surface area contributed by atoms with E-state index in [9.17, 15) is 9.90 Å².